The van der Waals surface area contributed by atoms with E-state index in [2.05, 4.69) is 41.6 Å². The molecule has 0 fully saturated rings. The van der Waals surface area contributed by atoms with E-state index in [9.17, 15) is 0 Å². The number of rotatable bonds is 3. The second-order valence-electron chi connectivity index (χ2n) is 5.49. The van der Waals surface area contributed by atoms with Gasteiger partial charge in [-0.05, 0) is 23.6 Å². The van der Waals surface area contributed by atoms with Gasteiger partial charge in [0.2, 0.25) is 0 Å². The maximum absolute atomic E-state index is 7.61. The predicted molar refractivity (Wildman–Crippen MR) is 77.9 cm³/mol. The number of benzene rings is 1. The average Bonchev–Trinajstić information content (AvgIpc) is 2.14. The van der Waals surface area contributed by atoms with Crippen molar-refractivity contribution in [1.82, 2.24) is 0 Å². The van der Waals surface area contributed by atoms with Gasteiger partial charge in [0.05, 0.1) is 0 Å². The minimum Gasteiger partial charge on any atom is -0.384 e. The maximum atomic E-state index is 7.61. The van der Waals surface area contributed by atoms with E-state index in [0.717, 1.165) is 22.3 Å². The summed E-state index contributed by atoms with van der Waals surface area (Å²) in [5.41, 5.74) is 7.57. The van der Waals surface area contributed by atoms with Crippen LogP contribution in [0.25, 0.3) is 0 Å². The predicted octanol–water partition coefficient (Wildman–Crippen LogP) is 3.22. The Balaban J connectivity index is 3.10. The molecule has 0 spiro atoms. The summed E-state index contributed by atoms with van der Waals surface area (Å²) in [5, 5.41) is 7.61. The van der Waals surface area contributed by atoms with Gasteiger partial charge in [0.1, 0.15) is 5.84 Å². The van der Waals surface area contributed by atoms with Gasteiger partial charge in [-0.2, -0.15) is 0 Å². The Labute approximate surface area is 112 Å². The molecule has 0 aromatic heterocycles. The number of halogens is 1. The number of nitrogens with two attached hydrogens (primary N) is 1. The molecular weight excluding hydrogens is 278 g/mol. The smallest absolute Gasteiger partial charge is 0.124 e. The molecule has 4 heteroatoms. The van der Waals surface area contributed by atoms with Crippen LogP contribution in [0.15, 0.2) is 22.7 Å². The summed E-state index contributed by atoms with van der Waals surface area (Å²) in [4.78, 5) is 2.14. The molecule has 0 aliphatic carbocycles. The third-order valence-electron chi connectivity index (χ3n) is 2.37. The van der Waals surface area contributed by atoms with Crippen LogP contribution < -0.4 is 10.6 Å². The van der Waals surface area contributed by atoms with E-state index in [1.807, 2.05) is 25.2 Å². The number of nitrogen functional groups attached to an aromatic ring is 1. The summed E-state index contributed by atoms with van der Waals surface area (Å²) in [5.74, 6) is 0.105. The second-order valence-corrected chi connectivity index (χ2v) is 6.41. The Bertz CT molecular complexity index is 421. The fourth-order valence-corrected chi connectivity index (χ4v) is 2.19. The van der Waals surface area contributed by atoms with Gasteiger partial charge >= 0.3 is 0 Å². The first-order valence-electron chi connectivity index (χ1n) is 5.56. The van der Waals surface area contributed by atoms with Crippen LogP contribution in [0.2, 0.25) is 0 Å². The Hall–Kier alpha value is -1.03. The van der Waals surface area contributed by atoms with Crippen molar-refractivity contribution in [1.29, 1.82) is 5.41 Å². The SMILES string of the molecule is CN(CC(C)(C)C)c1cc(Br)ccc1C(=N)N. The zero-order valence-corrected chi connectivity index (χ0v) is 12.4. The Morgan fingerprint density at radius 2 is 2.00 bits per heavy atom. The molecule has 0 heterocycles. The van der Waals surface area contributed by atoms with Gasteiger partial charge in [0, 0.05) is 29.3 Å². The highest BCUT2D eigenvalue weighted by Crippen LogP contribution is 2.26. The summed E-state index contributed by atoms with van der Waals surface area (Å²) in [6, 6.07) is 5.79. The summed E-state index contributed by atoms with van der Waals surface area (Å²) < 4.78 is 0.998. The standard InChI is InChI=1S/C13H20BrN3/c1-13(2,3)8-17(4)11-7-9(14)5-6-10(11)12(15)16/h5-7H,8H2,1-4H3,(H3,15,16). The molecule has 0 saturated heterocycles. The molecule has 0 aliphatic heterocycles. The van der Waals surface area contributed by atoms with Crippen LogP contribution in [0.4, 0.5) is 5.69 Å². The van der Waals surface area contributed by atoms with Gasteiger partial charge in [-0.15, -0.1) is 0 Å². The van der Waals surface area contributed by atoms with Gasteiger partial charge in [-0.25, -0.2) is 0 Å². The quantitative estimate of drug-likeness (QED) is 0.665. The Morgan fingerprint density at radius 3 is 2.47 bits per heavy atom. The van der Waals surface area contributed by atoms with Crippen molar-refractivity contribution in [3.8, 4) is 0 Å². The van der Waals surface area contributed by atoms with E-state index in [0.29, 0.717) is 0 Å². The number of hydrogen-bond donors (Lipinski definition) is 2. The first kappa shape index (κ1) is 14.0. The number of hydrogen-bond acceptors (Lipinski definition) is 2. The lowest BCUT2D eigenvalue weighted by Crippen LogP contribution is -2.31. The van der Waals surface area contributed by atoms with Crippen molar-refractivity contribution in [2.24, 2.45) is 11.1 Å². The summed E-state index contributed by atoms with van der Waals surface area (Å²) in [7, 11) is 2.03. The van der Waals surface area contributed by atoms with E-state index < -0.39 is 0 Å². The van der Waals surface area contributed by atoms with Crippen molar-refractivity contribution >= 4 is 27.5 Å². The number of anilines is 1. The monoisotopic (exact) mass is 297 g/mol. The fourth-order valence-electron chi connectivity index (χ4n) is 1.85. The molecule has 0 bridgehead atoms. The van der Waals surface area contributed by atoms with Crippen molar-refractivity contribution in [3.63, 3.8) is 0 Å². The molecule has 0 unspecified atom stereocenters. The molecule has 1 aromatic carbocycles. The fraction of sp³-hybridized carbons (Fsp3) is 0.462. The molecule has 1 aromatic rings. The minimum atomic E-state index is 0.105. The summed E-state index contributed by atoms with van der Waals surface area (Å²) in [6.07, 6.45) is 0. The normalized spacial score (nSPS) is 11.4. The van der Waals surface area contributed by atoms with E-state index in [1.54, 1.807) is 0 Å². The summed E-state index contributed by atoms with van der Waals surface area (Å²) in [6.45, 7) is 7.47. The lowest BCUT2D eigenvalue weighted by Gasteiger charge is -2.29. The molecule has 3 N–H and O–H groups in total. The average molecular weight is 298 g/mol. The number of nitrogens with one attached hydrogen (secondary N) is 1. The van der Waals surface area contributed by atoms with Crippen LogP contribution in [0, 0.1) is 10.8 Å². The Morgan fingerprint density at radius 1 is 1.41 bits per heavy atom. The molecular formula is C13H20BrN3. The highest BCUT2D eigenvalue weighted by molar-refractivity contribution is 9.10. The van der Waals surface area contributed by atoms with Crippen LogP contribution in [-0.2, 0) is 0 Å². The molecule has 17 heavy (non-hydrogen) atoms. The molecule has 94 valence electrons. The van der Waals surface area contributed by atoms with E-state index in [1.165, 1.54) is 0 Å². The first-order chi connectivity index (χ1) is 7.70. The minimum absolute atomic E-state index is 0.105. The lowest BCUT2D eigenvalue weighted by molar-refractivity contribution is 0.419. The molecule has 0 radical (unpaired) electrons. The highest BCUT2D eigenvalue weighted by atomic mass is 79.9. The molecule has 0 atom stereocenters. The molecule has 0 saturated carbocycles. The zero-order chi connectivity index (χ0) is 13.2. The van der Waals surface area contributed by atoms with Gasteiger partial charge < -0.3 is 10.6 Å². The third-order valence-corrected chi connectivity index (χ3v) is 2.87. The maximum Gasteiger partial charge on any atom is 0.124 e. The highest BCUT2D eigenvalue weighted by Gasteiger charge is 2.17. The lowest BCUT2D eigenvalue weighted by atomic mass is 9.95. The molecule has 0 aliphatic rings. The van der Waals surface area contributed by atoms with E-state index >= 15 is 0 Å². The van der Waals surface area contributed by atoms with Crippen LogP contribution in [0.3, 0.4) is 0 Å². The van der Waals surface area contributed by atoms with Crippen molar-refractivity contribution in [2.75, 3.05) is 18.5 Å². The molecule has 1 rings (SSSR count). The van der Waals surface area contributed by atoms with E-state index in [4.69, 9.17) is 11.1 Å². The first-order valence-corrected chi connectivity index (χ1v) is 6.35. The van der Waals surface area contributed by atoms with Gasteiger partial charge in [-0.1, -0.05) is 36.7 Å². The Kier molecular flexibility index (Phi) is 4.20. The largest absolute Gasteiger partial charge is 0.384 e. The molecule has 3 nitrogen and oxygen atoms in total. The van der Waals surface area contributed by atoms with Gasteiger partial charge in [-0.3, -0.25) is 5.41 Å². The van der Waals surface area contributed by atoms with Crippen molar-refractivity contribution in [2.45, 2.75) is 20.8 Å². The second kappa shape index (κ2) is 5.08. The van der Waals surface area contributed by atoms with Crippen LogP contribution in [-0.4, -0.2) is 19.4 Å². The van der Waals surface area contributed by atoms with Crippen molar-refractivity contribution < 1.29 is 0 Å². The zero-order valence-electron chi connectivity index (χ0n) is 10.8. The van der Waals surface area contributed by atoms with Gasteiger partial charge in [0.25, 0.3) is 0 Å². The van der Waals surface area contributed by atoms with Crippen molar-refractivity contribution in [3.05, 3.63) is 28.2 Å². The van der Waals surface area contributed by atoms with E-state index in [-0.39, 0.29) is 11.3 Å². The summed E-state index contributed by atoms with van der Waals surface area (Å²) >= 11 is 3.46. The van der Waals surface area contributed by atoms with Crippen LogP contribution in [0.1, 0.15) is 26.3 Å². The van der Waals surface area contributed by atoms with Crippen LogP contribution in [0.5, 0.6) is 0 Å². The molecule has 0 amide bonds. The topological polar surface area (TPSA) is 53.1 Å². The van der Waals surface area contributed by atoms with Crippen LogP contribution >= 0.6 is 15.9 Å². The third kappa shape index (κ3) is 4.04. The number of nitrogens with zero attached hydrogens (tertiary/aromatic N) is 1. The number of amidine groups is 1. The van der Waals surface area contributed by atoms with Gasteiger partial charge in [0.15, 0.2) is 0 Å².